The highest BCUT2D eigenvalue weighted by Crippen LogP contribution is 2.22. The maximum absolute atomic E-state index is 4.42. The average molecular weight is 408 g/mol. The first-order valence-electron chi connectivity index (χ1n) is 9.30. The SMILES string of the molecule is CN=C(NCC1CCCN(C)C1)NC1CCN(c2ccc(Br)cc2)C1. The summed E-state index contributed by atoms with van der Waals surface area (Å²) in [7, 11) is 4.08. The molecule has 2 heterocycles. The molecule has 6 heteroatoms. The number of nitrogens with one attached hydrogen (secondary N) is 2. The monoisotopic (exact) mass is 407 g/mol. The molecule has 0 amide bonds. The lowest BCUT2D eigenvalue weighted by Crippen LogP contribution is -2.47. The molecule has 3 rings (SSSR count). The Balaban J connectivity index is 1.45. The van der Waals surface area contributed by atoms with Crippen molar-refractivity contribution in [2.75, 3.05) is 51.7 Å². The van der Waals surface area contributed by atoms with E-state index in [2.05, 4.69) is 72.7 Å². The fraction of sp³-hybridized carbons (Fsp3) is 0.632. The van der Waals surface area contributed by atoms with Crippen LogP contribution in [0.25, 0.3) is 0 Å². The van der Waals surface area contributed by atoms with Crippen molar-refractivity contribution in [2.24, 2.45) is 10.9 Å². The van der Waals surface area contributed by atoms with E-state index in [-0.39, 0.29) is 0 Å². The number of benzene rings is 1. The molecular formula is C19H30BrN5. The molecule has 2 N–H and O–H groups in total. The molecule has 5 nitrogen and oxygen atoms in total. The van der Waals surface area contributed by atoms with Crippen LogP contribution in [0, 0.1) is 5.92 Å². The summed E-state index contributed by atoms with van der Waals surface area (Å²) in [6, 6.07) is 9.03. The van der Waals surface area contributed by atoms with Crippen molar-refractivity contribution in [2.45, 2.75) is 25.3 Å². The number of piperidine rings is 1. The van der Waals surface area contributed by atoms with Crippen LogP contribution >= 0.6 is 15.9 Å². The molecule has 2 aliphatic heterocycles. The molecule has 2 aliphatic rings. The lowest BCUT2D eigenvalue weighted by molar-refractivity contribution is 0.210. The lowest BCUT2D eigenvalue weighted by Gasteiger charge is -2.30. The summed E-state index contributed by atoms with van der Waals surface area (Å²) in [5.41, 5.74) is 1.29. The molecule has 25 heavy (non-hydrogen) atoms. The van der Waals surface area contributed by atoms with E-state index in [0.717, 1.165) is 42.4 Å². The third kappa shape index (κ3) is 5.35. The van der Waals surface area contributed by atoms with E-state index in [1.165, 1.54) is 31.6 Å². The van der Waals surface area contributed by atoms with Crippen LogP contribution < -0.4 is 15.5 Å². The molecule has 1 aromatic carbocycles. The van der Waals surface area contributed by atoms with Crippen LogP contribution in [0.15, 0.2) is 33.7 Å². The number of likely N-dealkylation sites (tertiary alicyclic amines) is 1. The van der Waals surface area contributed by atoms with E-state index in [9.17, 15) is 0 Å². The Hall–Kier alpha value is -1.27. The van der Waals surface area contributed by atoms with Gasteiger partial charge in [0, 0.05) is 49.4 Å². The number of rotatable bonds is 4. The standard InChI is InChI=1S/C19H30BrN5/c1-21-19(22-12-15-4-3-10-24(2)13-15)23-17-9-11-25(14-17)18-7-5-16(20)6-8-18/h5-8,15,17H,3-4,9-14H2,1-2H3,(H2,21,22,23). The number of hydrogen-bond acceptors (Lipinski definition) is 3. The van der Waals surface area contributed by atoms with Gasteiger partial charge in [0.1, 0.15) is 0 Å². The minimum Gasteiger partial charge on any atom is -0.369 e. The molecule has 0 saturated carbocycles. The number of halogens is 1. The normalized spacial score (nSPS) is 25.2. The largest absolute Gasteiger partial charge is 0.369 e. The summed E-state index contributed by atoms with van der Waals surface area (Å²) in [4.78, 5) is 9.29. The zero-order valence-corrected chi connectivity index (χ0v) is 16.9. The zero-order valence-electron chi connectivity index (χ0n) is 15.3. The van der Waals surface area contributed by atoms with Gasteiger partial charge in [0.05, 0.1) is 0 Å². The van der Waals surface area contributed by atoms with Crippen molar-refractivity contribution < 1.29 is 0 Å². The Morgan fingerprint density at radius 2 is 2.00 bits per heavy atom. The average Bonchev–Trinajstić information content (AvgIpc) is 3.08. The minimum atomic E-state index is 0.448. The first-order chi connectivity index (χ1) is 12.1. The van der Waals surface area contributed by atoms with E-state index in [0.29, 0.717) is 6.04 Å². The molecule has 0 aliphatic carbocycles. The summed E-state index contributed by atoms with van der Waals surface area (Å²) >= 11 is 3.50. The summed E-state index contributed by atoms with van der Waals surface area (Å²) in [5.74, 6) is 1.66. The van der Waals surface area contributed by atoms with Gasteiger partial charge < -0.3 is 20.4 Å². The smallest absolute Gasteiger partial charge is 0.191 e. The van der Waals surface area contributed by atoms with Crippen molar-refractivity contribution >= 4 is 27.6 Å². The number of guanidine groups is 1. The van der Waals surface area contributed by atoms with Crippen LogP contribution in [0.2, 0.25) is 0 Å². The molecule has 2 fully saturated rings. The number of hydrogen-bond donors (Lipinski definition) is 2. The predicted molar refractivity (Wildman–Crippen MR) is 109 cm³/mol. The van der Waals surface area contributed by atoms with E-state index < -0.39 is 0 Å². The predicted octanol–water partition coefficient (Wildman–Crippen LogP) is 2.53. The molecule has 1 aromatic rings. The van der Waals surface area contributed by atoms with Gasteiger partial charge in [-0.25, -0.2) is 0 Å². The van der Waals surface area contributed by atoms with E-state index in [1.807, 2.05) is 7.05 Å². The summed E-state index contributed by atoms with van der Waals surface area (Å²) in [6.07, 6.45) is 3.76. The van der Waals surface area contributed by atoms with E-state index in [1.54, 1.807) is 0 Å². The van der Waals surface area contributed by atoms with Crippen LogP contribution in [0.5, 0.6) is 0 Å². The molecular weight excluding hydrogens is 378 g/mol. The van der Waals surface area contributed by atoms with Gasteiger partial charge in [-0.2, -0.15) is 0 Å². The second-order valence-electron chi connectivity index (χ2n) is 7.28. The van der Waals surface area contributed by atoms with Gasteiger partial charge in [-0.3, -0.25) is 4.99 Å². The molecule has 0 spiro atoms. The zero-order chi connectivity index (χ0) is 17.6. The topological polar surface area (TPSA) is 42.9 Å². The van der Waals surface area contributed by atoms with Gasteiger partial charge in [0.25, 0.3) is 0 Å². The maximum atomic E-state index is 4.42. The summed E-state index contributed by atoms with van der Waals surface area (Å²) in [6.45, 7) is 5.54. The molecule has 0 bridgehead atoms. The van der Waals surface area contributed by atoms with Crippen LogP contribution in [0.1, 0.15) is 19.3 Å². The van der Waals surface area contributed by atoms with Crippen LogP contribution in [0.3, 0.4) is 0 Å². The second-order valence-corrected chi connectivity index (χ2v) is 8.19. The maximum Gasteiger partial charge on any atom is 0.191 e. The van der Waals surface area contributed by atoms with Crippen molar-refractivity contribution in [1.82, 2.24) is 15.5 Å². The second kappa shape index (κ2) is 8.90. The van der Waals surface area contributed by atoms with E-state index in [4.69, 9.17) is 0 Å². The quantitative estimate of drug-likeness (QED) is 0.594. The third-order valence-electron chi connectivity index (χ3n) is 5.22. The molecule has 2 saturated heterocycles. The Morgan fingerprint density at radius 3 is 2.72 bits per heavy atom. The Morgan fingerprint density at radius 1 is 1.20 bits per heavy atom. The van der Waals surface area contributed by atoms with Gasteiger partial charge in [-0.05, 0) is 63.0 Å². The van der Waals surface area contributed by atoms with Crippen molar-refractivity contribution in [3.05, 3.63) is 28.7 Å². The first-order valence-corrected chi connectivity index (χ1v) is 10.1. The Kier molecular flexibility index (Phi) is 6.59. The fourth-order valence-electron chi connectivity index (χ4n) is 3.83. The molecule has 2 atom stereocenters. The Bertz CT molecular complexity index is 574. The molecule has 0 aromatic heterocycles. The van der Waals surface area contributed by atoms with Gasteiger partial charge >= 0.3 is 0 Å². The highest BCUT2D eigenvalue weighted by Gasteiger charge is 2.24. The van der Waals surface area contributed by atoms with Crippen molar-refractivity contribution in [3.8, 4) is 0 Å². The fourth-order valence-corrected chi connectivity index (χ4v) is 4.10. The van der Waals surface area contributed by atoms with Crippen molar-refractivity contribution in [3.63, 3.8) is 0 Å². The summed E-state index contributed by atoms with van der Waals surface area (Å²) in [5, 5.41) is 7.14. The minimum absolute atomic E-state index is 0.448. The van der Waals surface area contributed by atoms with Crippen LogP contribution in [-0.2, 0) is 0 Å². The third-order valence-corrected chi connectivity index (χ3v) is 5.75. The number of nitrogens with zero attached hydrogens (tertiary/aromatic N) is 3. The highest BCUT2D eigenvalue weighted by molar-refractivity contribution is 9.10. The van der Waals surface area contributed by atoms with Crippen LogP contribution in [0.4, 0.5) is 5.69 Å². The molecule has 0 radical (unpaired) electrons. The molecule has 138 valence electrons. The van der Waals surface area contributed by atoms with Gasteiger partial charge in [0.2, 0.25) is 0 Å². The highest BCUT2D eigenvalue weighted by atomic mass is 79.9. The number of anilines is 1. The van der Waals surface area contributed by atoms with E-state index >= 15 is 0 Å². The summed E-state index contributed by atoms with van der Waals surface area (Å²) < 4.78 is 1.13. The van der Waals surface area contributed by atoms with Crippen molar-refractivity contribution in [1.29, 1.82) is 0 Å². The van der Waals surface area contributed by atoms with Gasteiger partial charge in [0.15, 0.2) is 5.96 Å². The first kappa shape index (κ1) is 18.5. The van der Waals surface area contributed by atoms with Gasteiger partial charge in [-0.1, -0.05) is 15.9 Å². The van der Waals surface area contributed by atoms with Crippen LogP contribution in [-0.4, -0.2) is 63.7 Å². The Labute approximate surface area is 160 Å². The van der Waals surface area contributed by atoms with Gasteiger partial charge in [-0.15, -0.1) is 0 Å². The lowest BCUT2D eigenvalue weighted by atomic mass is 9.99. The molecule has 2 unspecified atom stereocenters. The number of aliphatic imine (C=N–C) groups is 1.